The Hall–Kier alpha value is -1.14. The van der Waals surface area contributed by atoms with E-state index in [0.717, 1.165) is 17.2 Å². The van der Waals surface area contributed by atoms with Crippen LogP contribution in [0.15, 0.2) is 5.38 Å². The molecule has 1 atom stereocenters. The summed E-state index contributed by atoms with van der Waals surface area (Å²) >= 11 is 1.49. The molecule has 1 rings (SSSR count). The minimum Gasteiger partial charge on any atom is -0.469 e. The van der Waals surface area contributed by atoms with Gasteiger partial charge >= 0.3 is 5.97 Å². The maximum atomic E-state index is 11.1. The van der Waals surface area contributed by atoms with E-state index in [1.165, 1.54) is 18.4 Å². The van der Waals surface area contributed by atoms with E-state index in [9.17, 15) is 4.79 Å². The van der Waals surface area contributed by atoms with Crippen LogP contribution in [0.1, 0.15) is 19.0 Å². The number of nitrogens with one attached hydrogen (secondary N) is 1. The van der Waals surface area contributed by atoms with Gasteiger partial charge in [-0.05, 0) is 13.3 Å². The van der Waals surface area contributed by atoms with E-state index in [4.69, 9.17) is 4.74 Å². The van der Waals surface area contributed by atoms with Crippen LogP contribution >= 0.6 is 11.3 Å². The van der Waals surface area contributed by atoms with Crippen LogP contribution in [0.5, 0.6) is 0 Å². The summed E-state index contributed by atoms with van der Waals surface area (Å²) in [5.41, 5.74) is 0.739. The summed E-state index contributed by atoms with van der Waals surface area (Å²) in [6.45, 7) is 2.79. The van der Waals surface area contributed by atoms with Crippen molar-refractivity contribution in [3.8, 4) is 0 Å². The third kappa shape index (κ3) is 5.14. The van der Waals surface area contributed by atoms with Crippen LogP contribution in [0.3, 0.4) is 0 Å². The third-order valence-corrected chi connectivity index (χ3v) is 3.05. The fourth-order valence-corrected chi connectivity index (χ4v) is 2.07. The van der Waals surface area contributed by atoms with Gasteiger partial charge in [-0.25, -0.2) is 4.98 Å². The fourth-order valence-electron chi connectivity index (χ4n) is 1.25. The van der Waals surface area contributed by atoms with Crippen molar-refractivity contribution in [1.29, 1.82) is 0 Å². The van der Waals surface area contributed by atoms with Gasteiger partial charge in [-0.1, -0.05) is 0 Å². The van der Waals surface area contributed by atoms with Crippen LogP contribution < -0.4 is 5.32 Å². The standard InChI is InChI=1S/C11H18N2O3S/c1-8(4-5-15-2)12-11-13-9(7-17-11)6-10(14)16-3/h7-8H,4-6H2,1-3H3,(H,12,13). The van der Waals surface area contributed by atoms with E-state index in [-0.39, 0.29) is 12.4 Å². The van der Waals surface area contributed by atoms with Crippen LogP contribution in [-0.2, 0) is 20.7 Å². The predicted octanol–water partition coefficient (Wildman–Crippen LogP) is 1.70. The highest BCUT2D eigenvalue weighted by molar-refractivity contribution is 7.13. The normalized spacial score (nSPS) is 12.2. The number of esters is 1. The van der Waals surface area contributed by atoms with Crippen molar-refractivity contribution in [1.82, 2.24) is 4.98 Å². The largest absolute Gasteiger partial charge is 0.469 e. The van der Waals surface area contributed by atoms with Crippen LogP contribution in [-0.4, -0.2) is 37.8 Å². The smallest absolute Gasteiger partial charge is 0.311 e. The number of carbonyl (C=O) groups is 1. The first-order valence-corrected chi connectivity index (χ1v) is 6.30. The second-order valence-electron chi connectivity index (χ2n) is 3.72. The maximum Gasteiger partial charge on any atom is 0.311 e. The molecular weight excluding hydrogens is 240 g/mol. The van der Waals surface area contributed by atoms with Gasteiger partial charge in [0.25, 0.3) is 0 Å². The highest BCUT2D eigenvalue weighted by atomic mass is 32.1. The number of anilines is 1. The quantitative estimate of drug-likeness (QED) is 0.754. The molecule has 6 heteroatoms. The van der Waals surface area contributed by atoms with E-state index in [0.29, 0.717) is 12.6 Å². The lowest BCUT2D eigenvalue weighted by Gasteiger charge is -2.11. The minimum atomic E-state index is -0.269. The molecule has 1 heterocycles. The van der Waals surface area contributed by atoms with Crippen LogP contribution in [0.25, 0.3) is 0 Å². The Kier molecular flexibility index (Phi) is 5.93. The van der Waals surface area contributed by atoms with Crippen molar-refractivity contribution in [2.24, 2.45) is 0 Å². The average Bonchev–Trinajstić information content (AvgIpc) is 2.73. The Morgan fingerprint density at radius 3 is 3.00 bits per heavy atom. The molecule has 17 heavy (non-hydrogen) atoms. The van der Waals surface area contributed by atoms with E-state index in [1.54, 1.807) is 7.11 Å². The first-order chi connectivity index (χ1) is 8.15. The van der Waals surface area contributed by atoms with Crippen LogP contribution in [0, 0.1) is 0 Å². The summed E-state index contributed by atoms with van der Waals surface area (Å²) in [5, 5.41) is 5.95. The van der Waals surface area contributed by atoms with Crippen molar-refractivity contribution < 1.29 is 14.3 Å². The summed E-state index contributed by atoms with van der Waals surface area (Å²) in [7, 11) is 3.06. The maximum absolute atomic E-state index is 11.1. The van der Waals surface area contributed by atoms with E-state index in [2.05, 4.69) is 22.0 Å². The van der Waals surface area contributed by atoms with Crippen LogP contribution in [0.4, 0.5) is 5.13 Å². The van der Waals surface area contributed by atoms with Gasteiger partial charge in [-0.2, -0.15) is 0 Å². The second kappa shape index (κ2) is 7.24. The summed E-state index contributed by atoms with van der Waals surface area (Å²) in [6, 6.07) is 0.298. The lowest BCUT2D eigenvalue weighted by molar-refractivity contribution is -0.139. The molecule has 0 aliphatic rings. The Morgan fingerprint density at radius 1 is 1.59 bits per heavy atom. The van der Waals surface area contributed by atoms with Crippen molar-refractivity contribution in [3.63, 3.8) is 0 Å². The number of aromatic nitrogens is 1. The third-order valence-electron chi connectivity index (χ3n) is 2.23. The first-order valence-electron chi connectivity index (χ1n) is 5.42. The number of nitrogens with zero attached hydrogens (tertiary/aromatic N) is 1. The molecule has 1 aromatic heterocycles. The lowest BCUT2D eigenvalue weighted by atomic mass is 10.2. The number of hydrogen-bond donors (Lipinski definition) is 1. The summed E-state index contributed by atoms with van der Waals surface area (Å²) in [5.74, 6) is -0.269. The highest BCUT2D eigenvalue weighted by Gasteiger charge is 2.09. The Balaban J connectivity index is 2.42. The summed E-state index contributed by atoms with van der Waals surface area (Å²) in [6.07, 6.45) is 1.14. The molecule has 0 aliphatic heterocycles. The fraction of sp³-hybridized carbons (Fsp3) is 0.636. The number of hydrogen-bond acceptors (Lipinski definition) is 6. The minimum absolute atomic E-state index is 0.223. The molecule has 1 unspecified atom stereocenters. The molecule has 0 saturated carbocycles. The lowest BCUT2D eigenvalue weighted by Crippen LogP contribution is -2.17. The number of ether oxygens (including phenoxy) is 2. The molecule has 1 N–H and O–H groups in total. The van der Waals surface area contributed by atoms with E-state index < -0.39 is 0 Å². The number of rotatable bonds is 7. The zero-order chi connectivity index (χ0) is 12.7. The Bertz CT molecular complexity index is 354. The van der Waals surface area contributed by atoms with Crippen LogP contribution in [0.2, 0.25) is 0 Å². The van der Waals surface area contributed by atoms with Gasteiger partial charge < -0.3 is 14.8 Å². The van der Waals surface area contributed by atoms with Gasteiger partial charge in [0, 0.05) is 25.1 Å². The molecule has 0 fully saturated rings. The molecular formula is C11H18N2O3S. The molecule has 5 nitrogen and oxygen atoms in total. The molecule has 96 valence electrons. The molecule has 0 aliphatic carbocycles. The highest BCUT2D eigenvalue weighted by Crippen LogP contribution is 2.17. The molecule has 0 saturated heterocycles. The van der Waals surface area contributed by atoms with Gasteiger partial charge in [0.1, 0.15) is 0 Å². The van der Waals surface area contributed by atoms with Crippen molar-refractivity contribution >= 4 is 22.4 Å². The first kappa shape index (κ1) is 13.9. The van der Waals surface area contributed by atoms with Crippen molar-refractivity contribution in [3.05, 3.63) is 11.1 Å². The van der Waals surface area contributed by atoms with Gasteiger partial charge in [0.05, 0.1) is 19.2 Å². The number of thiazole rings is 1. The van der Waals surface area contributed by atoms with Gasteiger partial charge in [0.2, 0.25) is 0 Å². The zero-order valence-corrected chi connectivity index (χ0v) is 11.2. The molecule has 0 aromatic carbocycles. The SMILES string of the molecule is COCCC(C)Nc1nc(CC(=O)OC)cs1. The van der Waals surface area contributed by atoms with Gasteiger partial charge in [-0.15, -0.1) is 11.3 Å². The van der Waals surface area contributed by atoms with E-state index >= 15 is 0 Å². The molecule has 0 spiro atoms. The molecule has 0 radical (unpaired) electrons. The van der Waals surface area contributed by atoms with Gasteiger partial charge in [0.15, 0.2) is 5.13 Å². The monoisotopic (exact) mass is 258 g/mol. The van der Waals surface area contributed by atoms with Gasteiger partial charge in [-0.3, -0.25) is 4.79 Å². The summed E-state index contributed by atoms with van der Waals surface area (Å²) < 4.78 is 9.59. The Morgan fingerprint density at radius 2 is 2.35 bits per heavy atom. The molecule has 0 bridgehead atoms. The Labute approximate surface area is 105 Å². The average molecular weight is 258 g/mol. The number of methoxy groups -OCH3 is 2. The van der Waals surface area contributed by atoms with Crippen molar-refractivity contribution in [2.75, 3.05) is 26.1 Å². The number of carbonyl (C=O) groups excluding carboxylic acids is 1. The molecule has 0 amide bonds. The predicted molar refractivity (Wildman–Crippen MR) is 67.4 cm³/mol. The zero-order valence-electron chi connectivity index (χ0n) is 10.4. The second-order valence-corrected chi connectivity index (χ2v) is 4.58. The van der Waals surface area contributed by atoms with Crippen molar-refractivity contribution in [2.45, 2.75) is 25.8 Å². The topological polar surface area (TPSA) is 60.5 Å². The van der Waals surface area contributed by atoms with E-state index in [1.807, 2.05) is 5.38 Å². The summed E-state index contributed by atoms with van der Waals surface area (Å²) in [4.78, 5) is 15.4. The molecule has 1 aromatic rings.